The van der Waals surface area contributed by atoms with E-state index in [4.69, 9.17) is 4.74 Å². The number of hydrogen-bond acceptors (Lipinski definition) is 8. The van der Waals surface area contributed by atoms with Gasteiger partial charge in [-0.1, -0.05) is 18.2 Å². The molecule has 1 N–H and O–H groups in total. The van der Waals surface area contributed by atoms with Gasteiger partial charge in [0.2, 0.25) is 0 Å². The van der Waals surface area contributed by atoms with E-state index in [9.17, 15) is 9.59 Å². The van der Waals surface area contributed by atoms with Crippen LogP contribution in [-0.4, -0.2) is 84.4 Å². The number of aromatic amines is 1. The van der Waals surface area contributed by atoms with Crippen LogP contribution in [-0.2, 0) is 4.79 Å². The highest BCUT2D eigenvalue weighted by Gasteiger charge is 2.31. The highest BCUT2D eigenvalue weighted by atomic mass is 16.5. The second-order valence-corrected chi connectivity index (χ2v) is 8.88. The molecule has 1 aromatic carbocycles. The van der Waals surface area contributed by atoms with Gasteiger partial charge in [0.15, 0.2) is 5.82 Å². The van der Waals surface area contributed by atoms with E-state index in [1.807, 2.05) is 41.1 Å². The molecule has 12 heteroatoms. The first-order chi connectivity index (χ1) is 18.5. The van der Waals surface area contributed by atoms with Crippen molar-refractivity contribution in [2.75, 3.05) is 38.2 Å². The molecule has 0 saturated carbocycles. The Balaban J connectivity index is 1.22. The Morgan fingerprint density at radius 3 is 2.53 bits per heavy atom. The van der Waals surface area contributed by atoms with E-state index in [1.165, 1.54) is 24.2 Å². The smallest absolute Gasteiger partial charge is 0.295 e. The van der Waals surface area contributed by atoms with Crippen molar-refractivity contribution >= 4 is 28.4 Å². The van der Waals surface area contributed by atoms with Crippen molar-refractivity contribution < 1.29 is 14.3 Å². The Kier molecular flexibility index (Phi) is 5.83. The summed E-state index contributed by atoms with van der Waals surface area (Å²) in [7, 11) is 1.50. The number of nitrogens with zero attached hydrogens (tertiary/aromatic N) is 8. The van der Waals surface area contributed by atoms with Crippen molar-refractivity contribution in [3.8, 4) is 17.3 Å². The van der Waals surface area contributed by atoms with Crippen LogP contribution in [0, 0.1) is 6.92 Å². The molecule has 0 atom stereocenters. The van der Waals surface area contributed by atoms with Gasteiger partial charge < -0.3 is 19.5 Å². The summed E-state index contributed by atoms with van der Waals surface area (Å²) >= 11 is 0. The van der Waals surface area contributed by atoms with Crippen molar-refractivity contribution in [2.45, 2.75) is 6.92 Å². The molecule has 0 bridgehead atoms. The average Bonchev–Trinajstić information content (AvgIpc) is 3.72. The summed E-state index contributed by atoms with van der Waals surface area (Å²) in [6, 6.07) is 11.8. The van der Waals surface area contributed by atoms with Crippen molar-refractivity contribution in [1.29, 1.82) is 0 Å². The first-order valence-corrected chi connectivity index (χ1v) is 12.2. The molecule has 1 aliphatic heterocycles. The van der Waals surface area contributed by atoms with Gasteiger partial charge in [-0.3, -0.25) is 9.59 Å². The summed E-state index contributed by atoms with van der Waals surface area (Å²) in [5.41, 5.74) is 1.72. The molecular formula is C26H25N9O3. The van der Waals surface area contributed by atoms with Gasteiger partial charge in [0.25, 0.3) is 11.7 Å². The zero-order valence-electron chi connectivity index (χ0n) is 20.9. The highest BCUT2D eigenvalue weighted by molar-refractivity contribution is 6.45. The molecule has 0 spiro atoms. The van der Waals surface area contributed by atoms with Crippen LogP contribution in [0.25, 0.3) is 22.4 Å². The predicted octanol–water partition coefficient (Wildman–Crippen LogP) is 2.18. The number of H-pyrrole nitrogens is 1. The zero-order valence-corrected chi connectivity index (χ0v) is 20.9. The highest BCUT2D eigenvalue weighted by Crippen LogP contribution is 2.32. The van der Waals surface area contributed by atoms with E-state index in [2.05, 4.69) is 30.0 Å². The lowest BCUT2D eigenvalue weighted by molar-refractivity contribution is -0.126. The Morgan fingerprint density at radius 1 is 1.03 bits per heavy atom. The quantitative estimate of drug-likeness (QED) is 0.272. The lowest BCUT2D eigenvalue weighted by Crippen LogP contribution is -2.51. The number of carbonyl (C=O) groups excluding carboxylic acids is 2. The molecule has 38 heavy (non-hydrogen) atoms. The minimum Gasteiger partial charge on any atom is -0.494 e. The largest absolute Gasteiger partial charge is 0.494 e. The topological polar surface area (TPSA) is 127 Å². The molecule has 4 aromatic heterocycles. The van der Waals surface area contributed by atoms with Crippen LogP contribution in [0.1, 0.15) is 16.2 Å². The van der Waals surface area contributed by atoms with Gasteiger partial charge in [-0.25, -0.2) is 19.3 Å². The number of piperazine rings is 1. The minimum atomic E-state index is -0.607. The van der Waals surface area contributed by atoms with Crippen molar-refractivity contribution in [3.05, 3.63) is 72.7 Å². The van der Waals surface area contributed by atoms with E-state index in [-0.39, 0.29) is 5.56 Å². The van der Waals surface area contributed by atoms with Gasteiger partial charge >= 0.3 is 0 Å². The molecule has 6 rings (SSSR count). The fourth-order valence-electron chi connectivity index (χ4n) is 4.76. The number of carbonyl (C=O) groups is 2. The van der Waals surface area contributed by atoms with Crippen LogP contribution in [0.3, 0.4) is 0 Å². The fourth-order valence-corrected chi connectivity index (χ4v) is 4.76. The summed E-state index contributed by atoms with van der Waals surface area (Å²) in [4.78, 5) is 42.2. The molecule has 192 valence electrons. The number of methoxy groups -OCH3 is 1. The van der Waals surface area contributed by atoms with E-state index < -0.39 is 11.7 Å². The maximum absolute atomic E-state index is 13.4. The van der Waals surface area contributed by atoms with Gasteiger partial charge in [0, 0.05) is 38.4 Å². The average molecular weight is 512 g/mol. The van der Waals surface area contributed by atoms with E-state index in [1.54, 1.807) is 24.3 Å². The summed E-state index contributed by atoms with van der Waals surface area (Å²) in [6.07, 6.45) is 6.34. The van der Waals surface area contributed by atoms with E-state index in [0.29, 0.717) is 54.5 Å². The molecule has 0 unspecified atom stereocenters. The zero-order chi connectivity index (χ0) is 26.2. The van der Waals surface area contributed by atoms with Crippen molar-refractivity contribution in [1.82, 2.24) is 39.4 Å². The maximum Gasteiger partial charge on any atom is 0.295 e. The third-order valence-electron chi connectivity index (χ3n) is 6.65. The van der Waals surface area contributed by atoms with Crippen molar-refractivity contribution in [2.24, 2.45) is 0 Å². The molecule has 5 heterocycles. The van der Waals surface area contributed by atoms with E-state index in [0.717, 1.165) is 11.5 Å². The number of ether oxygens (including phenoxy) is 1. The van der Waals surface area contributed by atoms with Crippen LogP contribution in [0.2, 0.25) is 0 Å². The van der Waals surface area contributed by atoms with Gasteiger partial charge in [-0.15, -0.1) is 0 Å². The summed E-state index contributed by atoms with van der Waals surface area (Å²) in [5.74, 6) is 1.20. The third kappa shape index (κ3) is 3.95. The third-order valence-corrected chi connectivity index (χ3v) is 6.65. The Labute approximate surface area is 217 Å². The first-order valence-electron chi connectivity index (χ1n) is 12.2. The van der Waals surface area contributed by atoms with Gasteiger partial charge in [0.1, 0.15) is 23.7 Å². The fraction of sp³-hybridized carbons (Fsp3) is 0.231. The number of Topliss-reactive ketones (excluding diaryl/α,β-unsaturated/α-hetero) is 1. The number of pyridine rings is 1. The molecular weight excluding hydrogens is 486 g/mol. The predicted molar refractivity (Wildman–Crippen MR) is 139 cm³/mol. The SMILES string of the molecule is COc1cnc(-n2cnc(C)n2)c2[nH]cc(C(=O)C(=O)N3CCN(c4ccnn4-c4ccccc4)CC3)c12. The first kappa shape index (κ1) is 23.4. The normalized spacial score (nSPS) is 13.7. The second kappa shape index (κ2) is 9.47. The number of fused-ring (bicyclic) bond motifs is 1. The molecule has 12 nitrogen and oxygen atoms in total. The molecule has 1 saturated heterocycles. The standard InChI is InChI=1S/C26H25N9O3/c1-17-29-16-34(31-17)25-23-22(20(38-2)15-28-25)19(14-27-23)24(36)26(37)33-12-10-32(11-13-33)21-8-9-30-35(21)18-6-4-3-5-7-18/h3-9,14-16,27H,10-13H2,1-2H3. The van der Waals surface area contributed by atoms with E-state index >= 15 is 0 Å². The van der Waals surface area contributed by atoms with Crippen LogP contribution in [0.5, 0.6) is 5.75 Å². The number of amides is 1. The van der Waals surface area contributed by atoms with Crippen LogP contribution in [0.15, 0.2) is 61.3 Å². The minimum absolute atomic E-state index is 0.229. The van der Waals surface area contributed by atoms with Crippen LogP contribution >= 0.6 is 0 Å². The summed E-state index contributed by atoms with van der Waals surface area (Å²) < 4.78 is 8.88. The number of rotatable bonds is 6. The molecule has 1 aliphatic rings. The number of aromatic nitrogens is 7. The number of para-hydroxylation sites is 1. The van der Waals surface area contributed by atoms with Crippen LogP contribution < -0.4 is 9.64 Å². The van der Waals surface area contributed by atoms with Crippen molar-refractivity contribution in [3.63, 3.8) is 0 Å². The summed E-state index contributed by atoms with van der Waals surface area (Å²) in [6.45, 7) is 3.75. The number of aryl methyl sites for hydroxylation is 1. The lowest BCUT2D eigenvalue weighted by Gasteiger charge is -2.35. The Hall–Kier alpha value is -5.00. The van der Waals surface area contributed by atoms with Crippen LogP contribution in [0.4, 0.5) is 5.82 Å². The van der Waals surface area contributed by atoms with Gasteiger partial charge in [0.05, 0.1) is 41.7 Å². The monoisotopic (exact) mass is 511 g/mol. The molecule has 1 amide bonds. The number of hydrogen-bond donors (Lipinski definition) is 1. The lowest BCUT2D eigenvalue weighted by atomic mass is 10.1. The maximum atomic E-state index is 13.4. The molecule has 5 aromatic rings. The Morgan fingerprint density at radius 2 is 1.82 bits per heavy atom. The number of anilines is 1. The number of benzene rings is 1. The number of ketones is 1. The number of nitrogens with one attached hydrogen (secondary N) is 1. The Bertz CT molecular complexity index is 1630. The molecule has 0 aliphatic carbocycles. The molecule has 0 radical (unpaired) electrons. The van der Waals surface area contributed by atoms with Gasteiger partial charge in [-0.2, -0.15) is 10.2 Å². The van der Waals surface area contributed by atoms with Gasteiger partial charge in [-0.05, 0) is 19.1 Å². The molecule has 1 fully saturated rings. The second-order valence-electron chi connectivity index (χ2n) is 8.88. The summed E-state index contributed by atoms with van der Waals surface area (Å²) in [5, 5.41) is 9.26.